The van der Waals surface area contributed by atoms with Crippen LogP contribution in [0.25, 0.3) is 0 Å². The summed E-state index contributed by atoms with van der Waals surface area (Å²) < 4.78 is 46.5. The van der Waals surface area contributed by atoms with E-state index in [2.05, 4.69) is 30.7 Å². The third-order valence-corrected chi connectivity index (χ3v) is 16.3. The van der Waals surface area contributed by atoms with Crippen LogP contribution in [0.5, 0.6) is 17.2 Å². The highest BCUT2D eigenvalue weighted by Gasteiger charge is 2.32. The van der Waals surface area contributed by atoms with Crippen LogP contribution in [0.15, 0.2) is 185 Å². The van der Waals surface area contributed by atoms with Gasteiger partial charge in [-0.15, -0.1) is 35.3 Å². The maximum atomic E-state index is 13.0. The lowest BCUT2D eigenvalue weighted by Crippen LogP contribution is -2.35. The summed E-state index contributed by atoms with van der Waals surface area (Å²) in [5, 5.41) is 7.15. The Morgan fingerprint density at radius 3 is 1.06 bits per heavy atom. The molecule has 0 heterocycles. The number of carbonyl (C=O) groups is 4. The van der Waals surface area contributed by atoms with Crippen LogP contribution in [0, 0.1) is 0 Å². The third-order valence-electron chi connectivity index (χ3n) is 12.1. The molecule has 6 aromatic rings. The van der Waals surface area contributed by atoms with Crippen molar-refractivity contribution in [2.45, 2.75) is 59.2 Å². The minimum absolute atomic E-state index is 0.0330. The summed E-state index contributed by atoms with van der Waals surface area (Å²) in [6.07, 6.45) is -2.92. The molecule has 2 amide bonds. The number of methoxy groups -OCH3 is 1. The highest BCUT2D eigenvalue weighted by atomic mass is 35.5. The number of hydrogen-bond donors (Lipinski definition) is 2. The molecule has 2 N–H and O–H groups in total. The van der Waals surface area contributed by atoms with Crippen LogP contribution >= 0.6 is 70.1 Å². The predicted molar refractivity (Wildman–Crippen MR) is 327 cm³/mol. The number of rotatable bonds is 32. The molecule has 82 heavy (non-hydrogen) atoms. The number of hydrogen-bond acceptors (Lipinski definition) is 15. The van der Waals surface area contributed by atoms with Gasteiger partial charge in [0.2, 0.25) is 0 Å². The summed E-state index contributed by atoms with van der Waals surface area (Å²) in [5.74, 6) is 2.07. The average molecular weight is 1230 g/mol. The van der Waals surface area contributed by atoms with E-state index in [1.54, 1.807) is 57.0 Å². The zero-order chi connectivity index (χ0) is 58.9. The van der Waals surface area contributed by atoms with Crippen molar-refractivity contribution in [2.75, 3.05) is 70.5 Å². The molecule has 0 spiro atoms. The Balaban J connectivity index is 1.19. The maximum Gasteiger partial charge on any atom is 0.407 e. The highest BCUT2D eigenvalue weighted by Crippen LogP contribution is 2.41. The van der Waals surface area contributed by atoms with E-state index >= 15 is 0 Å². The first-order valence-corrected chi connectivity index (χ1v) is 30.0. The fourth-order valence-corrected chi connectivity index (χ4v) is 10.6. The number of alkyl carbamates (subject to hydrolysis) is 2. The summed E-state index contributed by atoms with van der Waals surface area (Å²) in [5.41, 5.74) is 2.61. The minimum Gasteiger partial charge on any atom is -0.491 e. The van der Waals surface area contributed by atoms with Crippen molar-refractivity contribution in [3.05, 3.63) is 202 Å². The first-order chi connectivity index (χ1) is 39.5. The van der Waals surface area contributed by atoms with Crippen LogP contribution < -0.4 is 24.8 Å². The fourth-order valence-electron chi connectivity index (χ4n) is 7.52. The van der Waals surface area contributed by atoms with Gasteiger partial charge in [0.15, 0.2) is 0 Å². The van der Waals surface area contributed by atoms with Gasteiger partial charge in [-0.2, -0.15) is 0 Å². The van der Waals surface area contributed by atoms with Crippen LogP contribution in [0.3, 0.4) is 0 Å². The van der Waals surface area contributed by atoms with Gasteiger partial charge >= 0.3 is 24.1 Å². The first-order valence-electron chi connectivity index (χ1n) is 25.9. The van der Waals surface area contributed by atoms with E-state index in [4.69, 9.17) is 72.7 Å². The second-order valence-electron chi connectivity index (χ2n) is 18.5. The van der Waals surface area contributed by atoms with E-state index in [9.17, 15) is 19.2 Å². The number of thioether (sulfide) groups is 3. The molecule has 0 aliphatic rings. The SMILES string of the molecule is C=C(C)C(=O)OCCNC(=O)OC(COc1ccc(C(C)(c2ccc(OCC(CSc3ccc(Cl)cc3)OC)cc2)c2ccc(OCC(CSc3ccc(Cl)cc3)OC(=O)NCCOC(=O)C(=C)C)cc2)cc1)CSc1ccc(Cl)cc1. The van der Waals surface area contributed by atoms with Gasteiger partial charge in [0.25, 0.3) is 0 Å². The number of halogens is 3. The summed E-state index contributed by atoms with van der Waals surface area (Å²) in [6.45, 7) is 12.8. The highest BCUT2D eigenvalue weighted by molar-refractivity contribution is 7.99. The van der Waals surface area contributed by atoms with Crippen molar-refractivity contribution >= 4 is 94.2 Å². The minimum atomic E-state index is -0.741. The molecule has 0 saturated heterocycles. The van der Waals surface area contributed by atoms with Crippen LogP contribution in [0.2, 0.25) is 15.1 Å². The molecule has 0 aliphatic carbocycles. The van der Waals surface area contributed by atoms with Gasteiger partial charge in [-0.25, -0.2) is 19.2 Å². The molecule has 0 bridgehead atoms. The van der Waals surface area contributed by atoms with E-state index in [0.717, 1.165) is 31.4 Å². The molecule has 3 unspecified atom stereocenters. The van der Waals surface area contributed by atoms with Crippen molar-refractivity contribution in [1.29, 1.82) is 0 Å². The molecule has 0 saturated carbocycles. The lowest BCUT2D eigenvalue weighted by atomic mass is 9.71. The predicted octanol–water partition coefficient (Wildman–Crippen LogP) is 14.0. The van der Waals surface area contributed by atoms with Gasteiger partial charge in [0.05, 0.1) is 13.1 Å². The summed E-state index contributed by atoms with van der Waals surface area (Å²) in [6, 6.07) is 45.9. The van der Waals surface area contributed by atoms with E-state index in [-0.39, 0.29) is 56.8 Å². The van der Waals surface area contributed by atoms with Crippen LogP contribution in [-0.4, -0.2) is 113 Å². The Hall–Kier alpha value is -6.44. The monoisotopic (exact) mass is 1230 g/mol. The molecule has 0 aromatic heterocycles. The largest absolute Gasteiger partial charge is 0.491 e. The van der Waals surface area contributed by atoms with Gasteiger partial charge in [-0.05, 0) is 147 Å². The molecule has 20 heteroatoms. The molecule has 14 nitrogen and oxygen atoms in total. The number of esters is 2. The van der Waals surface area contributed by atoms with Crippen molar-refractivity contribution in [3.8, 4) is 17.2 Å². The first kappa shape index (κ1) is 64.7. The molecular formula is C62H65Cl3N2O12S3. The molecule has 0 aliphatic heterocycles. The van der Waals surface area contributed by atoms with Crippen molar-refractivity contribution in [2.24, 2.45) is 0 Å². The maximum absolute atomic E-state index is 13.0. The Bertz CT molecular complexity index is 2860. The molecule has 6 aromatic carbocycles. The zero-order valence-electron chi connectivity index (χ0n) is 45.8. The van der Waals surface area contributed by atoms with Crippen LogP contribution in [-0.2, 0) is 38.7 Å². The van der Waals surface area contributed by atoms with Gasteiger partial charge in [-0.1, -0.05) is 84.4 Å². The number of amides is 2. The molecule has 0 radical (unpaired) electrons. The number of nitrogens with one attached hydrogen (secondary N) is 2. The second-order valence-corrected chi connectivity index (χ2v) is 23.1. The van der Waals surface area contributed by atoms with E-state index in [1.165, 1.54) is 23.5 Å². The van der Waals surface area contributed by atoms with Gasteiger partial charge in [-0.3, -0.25) is 0 Å². The summed E-state index contributed by atoms with van der Waals surface area (Å²) in [7, 11) is 1.67. The Kier molecular flexibility index (Phi) is 26.5. The molecule has 434 valence electrons. The van der Waals surface area contributed by atoms with Gasteiger partial charge < -0.3 is 48.5 Å². The lowest BCUT2D eigenvalue weighted by molar-refractivity contribution is -0.139. The van der Waals surface area contributed by atoms with E-state index < -0.39 is 41.7 Å². The average Bonchev–Trinajstić information content (AvgIpc) is 3.53. The smallest absolute Gasteiger partial charge is 0.407 e. The molecule has 6 rings (SSSR count). The van der Waals surface area contributed by atoms with Crippen molar-refractivity contribution in [3.63, 3.8) is 0 Å². The molecule has 0 fully saturated rings. The van der Waals surface area contributed by atoms with Crippen LogP contribution in [0.4, 0.5) is 9.59 Å². The standard InChI is InChI=1S/C62H65Cl3N2O12S3/c1-41(2)58(68)73-33-31-66-60(70)78-53(39-81-56-27-15-47(64)16-28-56)36-76-50-21-9-44(10-22-50)62(5,43-7-19-49(20-8-43)75-35-52(72-6)38-80-55-25-13-46(63)14-26-55)45-11-23-51(24-12-45)77-37-54(40-82-57-29-17-48(65)18-30-57)79-61(71)67-32-34-74-59(69)42(3)4/h7-30,52-54H,1,3,31-40H2,2,4-6H3,(H,66,70)(H,67,71). The Morgan fingerprint density at radius 1 is 0.476 bits per heavy atom. The summed E-state index contributed by atoms with van der Waals surface area (Å²) in [4.78, 5) is 52.5. The number of benzene rings is 6. The van der Waals surface area contributed by atoms with Crippen molar-refractivity contribution in [1.82, 2.24) is 10.6 Å². The zero-order valence-corrected chi connectivity index (χ0v) is 50.5. The quantitative estimate of drug-likeness (QED) is 0.0102. The van der Waals surface area contributed by atoms with Crippen LogP contribution in [0.1, 0.15) is 37.5 Å². The van der Waals surface area contributed by atoms with E-state index in [0.29, 0.717) is 56.2 Å². The third kappa shape index (κ3) is 21.7. The number of carbonyl (C=O) groups excluding carboxylic acids is 4. The Labute approximate surface area is 507 Å². The topological polar surface area (TPSA) is 166 Å². The second kappa shape index (κ2) is 33.6. The number of ether oxygens (including phenoxy) is 8. The molecule has 3 atom stereocenters. The normalized spacial score (nSPS) is 12.8. The lowest BCUT2D eigenvalue weighted by Gasteiger charge is -2.32. The summed E-state index contributed by atoms with van der Waals surface area (Å²) >= 11 is 23.0. The fraction of sp³-hybridized carbons (Fsp3) is 0.290. The van der Waals surface area contributed by atoms with E-state index in [1.807, 2.05) is 121 Å². The molecular weight excluding hydrogens is 1170 g/mol. The van der Waals surface area contributed by atoms with Crippen molar-refractivity contribution < 1.29 is 57.1 Å². The Morgan fingerprint density at radius 2 is 0.768 bits per heavy atom. The van der Waals surface area contributed by atoms with Gasteiger partial charge in [0, 0.05) is 70.7 Å². The van der Waals surface area contributed by atoms with Gasteiger partial charge in [0.1, 0.15) is 68.6 Å².